The standard InChI is InChI=1S/C14H16.C2H6/c1-4-6-12(2)9-10-14-8-5-7-13(3)11-14;1-2/h4,6-11,13H,1H2,2-3H3;1-2H3/b10-9+,12-6-;. The first-order valence-corrected chi connectivity index (χ1v) is 5.84. The summed E-state index contributed by atoms with van der Waals surface area (Å²) in [6, 6.07) is 0. The molecule has 1 aliphatic rings. The highest BCUT2D eigenvalue weighted by molar-refractivity contribution is 5.37. The van der Waals surface area contributed by atoms with Crippen LogP contribution in [0.4, 0.5) is 0 Å². The molecule has 1 rings (SSSR count). The van der Waals surface area contributed by atoms with E-state index in [1.807, 2.05) is 26.0 Å². The van der Waals surface area contributed by atoms with Gasteiger partial charge in [0, 0.05) is 5.92 Å². The van der Waals surface area contributed by atoms with Crippen molar-refractivity contribution in [1.29, 1.82) is 0 Å². The van der Waals surface area contributed by atoms with Crippen molar-refractivity contribution >= 4 is 0 Å². The summed E-state index contributed by atoms with van der Waals surface area (Å²) in [5.74, 6) is 0.489. The van der Waals surface area contributed by atoms with Crippen molar-refractivity contribution in [2.24, 2.45) is 5.92 Å². The molecule has 0 bridgehead atoms. The smallest absolute Gasteiger partial charge is 0.000329 e. The Balaban J connectivity index is 0.00000106. The molecule has 0 spiro atoms. The Hall–Kier alpha value is -1.52. The monoisotopic (exact) mass is 214 g/mol. The molecule has 0 aromatic carbocycles. The fraction of sp³-hybridized carbons (Fsp3) is 0.312. The van der Waals surface area contributed by atoms with Gasteiger partial charge in [0.05, 0.1) is 0 Å². The molecule has 1 aliphatic carbocycles. The molecule has 0 nitrogen and oxygen atoms in total. The van der Waals surface area contributed by atoms with Crippen LogP contribution in [-0.4, -0.2) is 0 Å². The van der Waals surface area contributed by atoms with E-state index in [4.69, 9.17) is 0 Å². The summed E-state index contributed by atoms with van der Waals surface area (Å²) in [6.45, 7) is 11.9. The summed E-state index contributed by atoms with van der Waals surface area (Å²) in [5.41, 5.74) is 5.56. The fourth-order valence-electron chi connectivity index (χ4n) is 1.27. The lowest BCUT2D eigenvalue weighted by atomic mass is 10.0. The minimum absolute atomic E-state index is 0.489. The second-order valence-corrected chi connectivity index (χ2v) is 3.48. The molecule has 1 unspecified atom stereocenters. The zero-order valence-corrected chi connectivity index (χ0v) is 10.8. The molecule has 0 aromatic heterocycles. The lowest BCUT2D eigenvalue weighted by Crippen LogP contribution is -1.87. The van der Waals surface area contributed by atoms with Crippen molar-refractivity contribution in [3.8, 4) is 0 Å². The van der Waals surface area contributed by atoms with Gasteiger partial charge in [-0.1, -0.05) is 63.3 Å². The zero-order chi connectivity index (χ0) is 12.4. The summed E-state index contributed by atoms with van der Waals surface area (Å²) in [7, 11) is 0. The van der Waals surface area contributed by atoms with Gasteiger partial charge in [0.2, 0.25) is 0 Å². The normalized spacial score (nSPS) is 19.1. The van der Waals surface area contributed by atoms with E-state index >= 15 is 0 Å². The molecule has 0 saturated heterocycles. The summed E-state index contributed by atoms with van der Waals surface area (Å²) in [5, 5.41) is 0. The van der Waals surface area contributed by atoms with Gasteiger partial charge in [-0.2, -0.15) is 0 Å². The Labute approximate surface area is 100 Å². The fourth-order valence-corrected chi connectivity index (χ4v) is 1.27. The third-order valence-electron chi connectivity index (χ3n) is 1.98. The van der Waals surface area contributed by atoms with Crippen LogP contribution in [0.3, 0.4) is 0 Å². The molecule has 0 N–H and O–H groups in total. The quantitative estimate of drug-likeness (QED) is 0.458. The van der Waals surface area contributed by atoms with Crippen molar-refractivity contribution in [3.05, 3.63) is 66.0 Å². The number of rotatable bonds is 3. The Morgan fingerprint density at radius 2 is 2.12 bits per heavy atom. The molecule has 86 valence electrons. The maximum absolute atomic E-state index is 3.66. The highest BCUT2D eigenvalue weighted by Crippen LogP contribution is 2.12. The Bertz CT molecular complexity index is 355. The average molecular weight is 214 g/mol. The van der Waals surface area contributed by atoms with Crippen LogP contribution in [0.1, 0.15) is 27.7 Å². The predicted octanol–water partition coefficient (Wildman–Crippen LogP) is 4.99. The van der Waals surface area contributed by atoms with Gasteiger partial charge in [-0.05, 0) is 24.6 Å². The molecular formula is C16H22. The highest BCUT2D eigenvalue weighted by atomic mass is 14.0. The van der Waals surface area contributed by atoms with Crippen molar-refractivity contribution < 1.29 is 0 Å². The van der Waals surface area contributed by atoms with Gasteiger partial charge < -0.3 is 0 Å². The summed E-state index contributed by atoms with van der Waals surface area (Å²) < 4.78 is 0. The lowest BCUT2D eigenvalue weighted by Gasteiger charge is -2.02. The molecule has 0 saturated carbocycles. The number of allylic oxidation sites excluding steroid dienone is 8. The first-order chi connectivity index (χ1) is 7.72. The molecule has 16 heavy (non-hydrogen) atoms. The number of hydrogen-bond acceptors (Lipinski definition) is 0. The van der Waals surface area contributed by atoms with E-state index in [-0.39, 0.29) is 0 Å². The molecule has 0 amide bonds. The molecule has 0 aromatic rings. The van der Waals surface area contributed by atoms with E-state index in [2.05, 4.69) is 50.5 Å². The van der Waals surface area contributed by atoms with E-state index in [0.717, 1.165) is 0 Å². The third-order valence-corrected chi connectivity index (χ3v) is 1.98. The number of hydrogen-bond donors (Lipinski definition) is 0. The molecule has 0 aliphatic heterocycles. The Kier molecular flexibility index (Phi) is 7.93. The first-order valence-electron chi connectivity index (χ1n) is 5.84. The van der Waals surface area contributed by atoms with Gasteiger partial charge in [0.25, 0.3) is 0 Å². The van der Waals surface area contributed by atoms with Crippen molar-refractivity contribution in [2.45, 2.75) is 27.7 Å². The first kappa shape index (κ1) is 14.5. The maximum Gasteiger partial charge on any atom is 0.000329 e. The zero-order valence-electron chi connectivity index (χ0n) is 10.8. The molecule has 1 atom stereocenters. The van der Waals surface area contributed by atoms with Gasteiger partial charge in [-0.3, -0.25) is 0 Å². The minimum Gasteiger partial charge on any atom is -0.124 e. The predicted molar refractivity (Wildman–Crippen MR) is 74.3 cm³/mol. The summed E-state index contributed by atoms with van der Waals surface area (Å²) >= 11 is 0. The Morgan fingerprint density at radius 3 is 2.69 bits per heavy atom. The van der Waals surface area contributed by atoms with Gasteiger partial charge in [0.15, 0.2) is 0 Å². The van der Waals surface area contributed by atoms with E-state index in [1.54, 1.807) is 6.08 Å². The van der Waals surface area contributed by atoms with Crippen LogP contribution in [0.25, 0.3) is 0 Å². The average Bonchev–Trinajstić information content (AvgIpc) is 2.30. The van der Waals surface area contributed by atoms with Crippen LogP contribution in [0.5, 0.6) is 0 Å². The van der Waals surface area contributed by atoms with Gasteiger partial charge >= 0.3 is 0 Å². The van der Waals surface area contributed by atoms with Crippen LogP contribution in [0, 0.1) is 5.92 Å². The van der Waals surface area contributed by atoms with Gasteiger partial charge in [-0.25, -0.2) is 0 Å². The van der Waals surface area contributed by atoms with Crippen LogP contribution in [0.2, 0.25) is 0 Å². The van der Waals surface area contributed by atoms with Crippen molar-refractivity contribution in [3.63, 3.8) is 0 Å². The molecule has 0 fully saturated rings. The van der Waals surface area contributed by atoms with Crippen molar-refractivity contribution in [2.75, 3.05) is 0 Å². The summed E-state index contributed by atoms with van der Waals surface area (Å²) in [6.07, 6.45) is 14.3. The topological polar surface area (TPSA) is 0 Å². The second kappa shape index (κ2) is 8.76. The van der Waals surface area contributed by atoms with E-state index in [1.165, 1.54) is 11.1 Å². The SMILES string of the molecule is C=C/C=C(C)\C=C\C1=CC(C)C=C=C1.CC. The van der Waals surface area contributed by atoms with E-state index in [9.17, 15) is 0 Å². The van der Waals surface area contributed by atoms with Crippen LogP contribution in [0.15, 0.2) is 66.0 Å². The van der Waals surface area contributed by atoms with Gasteiger partial charge in [-0.15, -0.1) is 5.73 Å². The minimum atomic E-state index is 0.489. The largest absolute Gasteiger partial charge is 0.124 e. The molecular weight excluding hydrogens is 192 g/mol. The third kappa shape index (κ3) is 6.06. The molecule has 0 heteroatoms. The Morgan fingerprint density at radius 1 is 1.44 bits per heavy atom. The van der Waals surface area contributed by atoms with Crippen molar-refractivity contribution in [1.82, 2.24) is 0 Å². The van der Waals surface area contributed by atoms with Gasteiger partial charge in [0.1, 0.15) is 0 Å². The summed E-state index contributed by atoms with van der Waals surface area (Å²) in [4.78, 5) is 0. The highest BCUT2D eigenvalue weighted by Gasteiger charge is 1.96. The van der Waals surface area contributed by atoms with Crippen LogP contribution >= 0.6 is 0 Å². The molecule has 0 heterocycles. The van der Waals surface area contributed by atoms with E-state index < -0.39 is 0 Å². The lowest BCUT2D eigenvalue weighted by molar-refractivity contribution is 0.929. The van der Waals surface area contributed by atoms with Crippen LogP contribution < -0.4 is 0 Å². The van der Waals surface area contributed by atoms with Crippen LogP contribution in [-0.2, 0) is 0 Å². The van der Waals surface area contributed by atoms with E-state index in [0.29, 0.717) is 5.92 Å². The molecule has 0 radical (unpaired) electrons. The maximum atomic E-state index is 3.66. The second-order valence-electron chi connectivity index (χ2n) is 3.48.